The van der Waals surface area contributed by atoms with E-state index in [2.05, 4.69) is 88.2 Å². The van der Waals surface area contributed by atoms with Crippen LogP contribution < -0.4 is 9.80 Å². The van der Waals surface area contributed by atoms with E-state index in [1.54, 1.807) is 6.33 Å². The largest absolute Gasteiger partial charge is 0.352 e. The molecular formula is C22H24N4. The van der Waals surface area contributed by atoms with Crippen molar-refractivity contribution in [1.29, 1.82) is 0 Å². The molecule has 0 atom stereocenters. The van der Waals surface area contributed by atoms with Gasteiger partial charge in [-0.1, -0.05) is 36.4 Å². The first-order chi connectivity index (χ1) is 12.7. The lowest BCUT2D eigenvalue weighted by Crippen LogP contribution is -2.31. The molecule has 3 aromatic rings. The number of benzene rings is 2. The summed E-state index contributed by atoms with van der Waals surface area (Å²) in [5.74, 6) is 1.94. The molecule has 1 aliphatic rings. The normalized spacial score (nSPS) is 13.4. The van der Waals surface area contributed by atoms with Gasteiger partial charge in [0, 0.05) is 31.4 Å². The average Bonchev–Trinajstić information content (AvgIpc) is 2.68. The van der Waals surface area contributed by atoms with Crippen molar-refractivity contribution in [2.45, 2.75) is 26.8 Å². The first kappa shape index (κ1) is 16.6. The van der Waals surface area contributed by atoms with Crippen LogP contribution in [0.15, 0.2) is 60.9 Å². The van der Waals surface area contributed by atoms with Crippen LogP contribution in [0.25, 0.3) is 0 Å². The Balaban J connectivity index is 1.62. The van der Waals surface area contributed by atoms with E-state index < -0.39 is 0 Å². The molecule has 2 aromatic carbocycles. The summed E-state index contributed by atoms with van der Waals surface area (Å²) in [4.78, 5) is 13.7. The van der Waals surface area contributed by atoms with Crippen molar-refractivity contribution >= 4 is 17.3 Å². The number of aryl methyl sites for hydroxylation is 1. The quantitative estimate of drug-likeness (QED) is 0.697. The van der Waals surface area contributed by atoms with E-state index in [4.69, 9.17) is 0 Å². The summed E-state index contributed by atoms with van der Waals surface area (Å²) in [6.45, 7) is 7.03. The fourth-order valence-corrected chi connectivity index (χ4v) is 3.62. The van der Waals surface area contributed by atoms with Gasteiger partial charge in [-0.3, -0.25) is 0 Å². The number of hydrogen-bond donors (Lipinski definition) is 0. The van der Waals surface area contributed by atoms with Gasteiger partial charge in [0.1, 0.15) is 18.0 Å². The van der Waals surface area contributed by atoms with E-state index in [9.17, 15) is 0 Å². The lowest BCUT2D eigenvalue weighted by Gasteiger charge is -2.30. The Bertz CT molecular complexity index is 906. The van der Waals surface area contributed by atoms with Crippen LogP contribution >= 0.6 is 0 Å². The second-order valence-electron chi connectivity index (χ2n) is 6.76. The number of rotatable bonds is 4. The molecule has 0 fully saturated rings. The molecule has 4 nitrogen and oxygen atoms in total. The standard InChI is InChI=1S/C22H24N4/c1-3-26(20-10-6-7-17(2)13-20)22-14-21(23-16-24-22)25-12-11-18-8-4-5-9-19(18)15-25/h4-10,13-14,16H,3,11-12,15H2,1-2H3. The van der Waals surface area contributed by atoms with Gasteiger partial charge in [0.05, 0.1) is 0 Å². The molecule has 0 N–H and O–H groups in total. The number of hydrogen-bond acceptors (Lipinski definition) is 4. The van der Waals surface area contributed by atoms with Crippen molar-refractivity contribution in [1.82, 2.24) is 9.97 Å². The lowest BCUT2D eigenvalue weighted by molar-refractivity contribution is 0.719. The highest BCUT2D eigenvalue weighted by atomic mass is 15.2. The molecule has 0 radical (unpaired) electrons. The minimum absolute atomic E-state index is 0.864. The molecule has 0 unspecified atom stereocenters. The Morgan fingerprint density at radius 1 is 1.00 bits per heavy atom. The minimum Gasteiger partial charge on any atom is -0.352 e. The van der Waals surface area contributed by atoms with E-state index in [1.807, 2.05) is 0 Å². The van der Waals surface area contributed by atoms with E-state index in [0.29, 0.717) is 0 Å². The summed E-state index contributed by atoms with van der Waals surface area (Å²) < 4.78 is 0. The van der Waals surface area contributed by atoms with E-state index in [0.717, 1.165) is 37.7 Å². The van der Waals surface area contributed by atoms with Gasteiger partial charge >= 0.3 is 0 Å². The van der Waals surface area contributed by atoms with Crippen LogP contribution in [-0.4, -0.2) is 23.1 Å². The summed E-state index contributed by atoms with van der Waals surface area (Å²) >= 11 is 0. The molecule has 0 saturated heterocycles. The van der Waals surface area contributed by atoms with Crippen molar-refractivity contribution < 1.29 is 0 Å². The summed E-state index contributed by atoms with van der Waals surface area (Å²) in [5, 5.41) is 0. The van der Waals surface area contributed by atoms with Gasteiger partial charge < -0.3 is 9.80 Å². The minimum atomic E-state index is 0.864. The highest BCUT2D eigenvalue weighted by Gasteiger charge is 2.18. The maximum atomic E-state index is 4.55. The van der Waals surface area contributed by atoms with E-state index >= 15 is 0 Å². The fourth-order valence-electron chi connectivity index (χ4n) is 3.62. The zero-order valence-electron chi connectivity index (χ0n) is 15.4. The topological polar surface area (TPSA) is 32.3 Å². The van der Waals surface area contributed by atoms with Gasteiger partial charge in [-0.15, -0.1) is 0 Å². The highest BCUT2D eigenvalue weighted by molar-refractivity contribution is 5.63. The molecule has 1 aromatic heterocycles. The summed E-state index contributed by atoms with van der Waals surface area (Å²) in [6.07, 6.45) is 2.74. The first-order valence-corrected chi connectivity index (χ1v) is 9.22. The molecule has 0 aliphatic carbocycles. The van der Waals surface area contributed by atoms with Crippen LogP contribution in [-0.2, 0) is 13.0 Å². The number of nitrogens with zero attached hydrogens (tertiary/aromatic N) is 4. The molecule has 132 valence electrons. The maximum absolute atomic E-state index is 4.55. The van der Waals surface area contributed by atoms with Crippen LogP contribution in [0, 0.1) is 6.92 Å². The molecule has 0 amide bonds. The van der Waals surface area contributed by atoms with Gasteiger partial charge in [-0.2, -0.15) is 0 Å². The molecule has 0 saturated carbocycles. The van der Waals surface area contributed by atoms with Crippen LogP contribution in [0.4, 0.5) is 17.3 Å². The lowest BCUT2D eigenvalue weighted by atomic mass is 10.00. The second kappa shape index (κ2) is 7.16. The van der Waals surface area contributed by atoms with Gasteiger partial charge in [0.2, 0.25) is 0 Å². The van der Waals surface area contributed by atoms with Crippen molar-refractivity contribution in [3.05, 3.63) is 77.6 Å². The van der Waals surface area contributed by atoms with Gasteiger partial charge in [0.25, 0.3) is 0 Å². The van der Waals surface area contributed by atoms with Gasteiger partial charge in [-0.25, -0.2) is 9.97 Å². The molecule has 0 bridgehead atoms. The third-order valence-corrected chi connectivity index (χ3v) is 5.00. The molecule has 26 heavy (non-hydrogen) atoms. The van der Waals surface area contributed by atoms with E-state index in [1.165, 1.54) is 22.4 Å². The monoisotopic (exact) mass is 344 g/mol. The Labute approximate surface area is 155 Å². The smallest absolute Gasteiger partial charge is 0.138 e. The van der Waals surface area contributed by atoms with Crippen LogP contribution in [0.3, 0.4) is 0 Å². The van der Waals surface area contributed by atoms with Crippen LogP contribution in [0.5, 0.6) is 0 Å². The van der Waals surface area contributed by atoms with E-state index in [-0.39, 0.29) is 0 Å². The molecule has 1 aliphatic heterocycles. The molecule has 0 spiro atoms. The number of fused-ring (bicyclic) bond motifs is 1. The predicted octanol–water partition coefficient (Wildman–Crippen LogP) is 4.51. The Morgan fingerprint density at radius 2 is 1.85 bits per heavy atom. The summed E-state index contributed by atoms with van der Waals surface area (Å²) in [5.41, 5.74) is 5.27. The van der Waals surface area contributed by atoms with Crippen molar-refractivity contribution in [3.63, 3.8) is 0 Å². The van der Waals surface area contributed by atoms with Crippen molar-refractivity contribution in [3.8, 4) is 0 Å². The average molecular weight is 344 g/mol. The third kappa shape index (κ3) is 3.27. The fraction of sp³-hybridized carbons (Fsp3) is 0.273. The van der Waals surface area contributed by atoms with Crippen molar-refractivity contribution in [2.75, 3.05) is 22.9 Å². The SMILES string of the molecule is CCN(c1cccc(C)c1)c1cc(N2CCc3ccccc3C2)ncn1. The predicted molar refractivity (Wildman–Crippen MR) is 107 cm³/mol. The van der Waals surface area contributed by atoms with Gasteiger partial charge in [0.15, 0.2) is 0 Å². The molecule has 4 heteroatoms. The second-order valence-corrected chi connectivity index (χ2v) is 6.76. The zero-order valence-corrected chi connectivity index (χ0v) is 15.4. The molecular weight excluding hydrogens is 320 g/mol. The Hall–Kier alpha value is -2.88. The Morgan fingerprint density at radius 3 is 2.65 bits per heavy atom. The summed E-state index contributed by atoms with van der Waals surface area (Å²) in [6, 6.07) is 19.3. The third-order valence-electron chi connectivity index (χ3n) is 5.00. The summed E-state index contributed by atoms with van der Waals surface area (Å²) in [7, 11) is 0. The van der Waals surface area contributed by atoms with Crippen molar-refractivity contribution in [2.24, 2.45) is 0 Å². The van der Waals surface area contributed by atoms with Crippen LogP contribution in [0.2, 0.25) is 0 Å². The number of aromatic nitrogens is 2. The van der Waals surface area contributed by atoms with Crippen LogP contribution in [0.1, 0.15) is 23.6 Å². The zero-order chi connectivity index (χ0) is 17.9. The molecule has 2 heterocycles. The Kier molecular flexibility index (Phi) is 4.57. The first-order valence-electron chi connectivity index (χ1n) is 9.22. The highest BCUT2D eigenvalue weighted by Crippen LogP contribution is 2.28. The van der Waals surface area contributed by atoms with Gasteiger partial charge in [-0.05, 0) is 49.1 Å². The maximum Gasteiger partial charge on any atom is 0.138 e. The number of anilines is 3. The molecule has 4 rings (SSSR count).